The fourth-order valence-electron chi connectivity index (χ4n) is 1.05. The average Bonchev–Trinajstić information content (AvgIpc) is 2.45. The minimum Gasteiger partial charge on any atom is -0.433 e. The van der Waals surface area contributed by atoms with Gasteiger partial charge in [0.1, 0.15) is 0 Å². The number of carbonyl (C=O) groups is 1. The van der Waals surface area contributed by atoms with Crippen LogP contribution in [0.1, 0.15) is 46.0 Å². The Hall–Kier alpha value is -0.950. The summed E-state index contributed by atoms with van der Waals surface area (Å²) in [6.45, 7) is 3.84. The van der Waals surface area contributed by atoms with Crippen molar-refractivity contribution in [2.24, 2.45) is 0 Å². The summed E-state index contributed by atoms with van der Waals surface area (Å²) in [5.74, 6) is -0.496. The van der Waals surface area contributed by atoms with Gasteiger partial charge in [0.2, 0.25) is 6.29 Å². The molecule has 0 aromatic heterocycles. The van der Waals surface area contributed by atoms with Crippen molar-refractivity contribution < 1.29 is 30.0 Å². The highest BCUT2D eigenvalue weighted by Crippen LogP contribution is 2.05. The number of hydrogen-bond acceptors (Lipinski definition) is 6. The lowest BCUT2D eigenvalue weighted by molar-refractivity contribution is -0.163. The highest BCUT2D eigenvalue weighted by atomic mass is 16.6. The molecule has 20 heavy (non-hydrogen) atoms. The molecule has 1 atom stereocenters. The van der Waals surface area contributed by atoms with Crippen LogP contribution in [0.5, 0.6) is 0 Å². The molecule has 4 N–H and O–H groups in total. The quantitative estimate of drug-likeness (QED) is 0.216. The molecule has 120 valence electrons. The Morgan fingerprint density at radius 1 is 1.05 bits per heavy atom. The van der Waals surface area contributed by atoms with Crippen molar-refractivity contribution in [3.63, 3.8) is 0 Å². The van der Waals surface area contributed by atoms with Crippen molar-refractivity contribution in [2.75, 3.05) is 19.8 Å². The maximum Gasteiger partial charge on any atom is 0.335 e. The predicted molar refractivity (Wildman–Crippen MR) is 75.9 cm³/mol. The molecule has 0 bridgehead atoms. The Bertz CT molecular complexity index is 248. The number of hydrogen-bond donors (Lipinski definition) is 4. The van der Waals surface area contributed by atoms with E-state index in [-0.39, 0.29) is 19.8 Å². The Morgan fingerprint density at radius 2 is 1.50 bits per heavy atom. The van der Waals surface area contributed by atoms with Crippen LogP contribution in [0.4, 0.5) is 0 Å². The number of unbranched alkanes of at least 4 members (excludes halogenated alkanes) is 2. The van der Waals surface area contributed by atoms with E-state index in [1.807, 2.05) is 0 Å². The Kier molecular flexibility index (Phi) is 17.2. The van der Waals surface area contributed by atoms with Crippen molar-refractivity contribution in [2.45, 2.75) is 52.2 Å². The maximum absolute atomic E-state index is 11.1. The van der Waals surface area contributed by atoms with E-state index in [0.29, 0.717) is 24.8 Å². The zero-order valence-electron chi connectivity index (χ0n) is 12.4. The molecule has 0 aromatic carbocycles. The zero-order valence-corrected chi connectivity index (χ0v) is 12.4. The fraction of sp³-hybridized carbons (Fsp3) is 0.786. The van der Waals surface area contributed by atoms with E-state index < -0.39 is 12.3 Å². The van der Waals surface area contributed by atoms with Gasteiger partial charge in [-0.05, 0) is 39.5 Å². The van der Waals surface area contributed by atoms with Gasteiger partial charge in [-0.15, -0.1) is 0 Å². The molecule has 6 nitrogen and oxygen atoms in total. The normalized spacial score (nSPS) is 12.4. The maximum atomic E-state index is 11.1. The number of ether oxygens (including phenoxy) is 1. The molecule has 0 spiro atoms. The first-order valence-electron chi connectivity index (χ1n) is 6.88. The molecule has 0 radical (unpaired) electrons. The summed E-state index contributed by atoms with van der Waals surface area (Å²) in [5, 5.41) is 33.9. The van der Waals surface area contributed by atoms with Gasteiger partial charge in [0.15, 0.2) is 0 Å². The zero-order chi connectivity index (χ0) is 15.8. The monoisotopic (exact) mass is 292 g/mol. The molecule has 0 aliphatic rings. The number of aliphatic hydroxyl groups is 4. The number of aliphatic hydroxyl groups excluding tert-OH is 4. The summed E-state index contributed by atoms with van der Waals surface area (Å²) in [6, 6.07) is 0. The molecule has 1 unspecified atom stereocenters. The van der Waals surface area contributed by atoms with Crippen LogP contribution in [0.15, 0.2) is 11.6 Å². The van der Waals surface area contributed by atoms with Crippen LogP contribution in [-0.2, 0) is 9.53 Å². The largest absolute Gasteiger partial charge is 0.433 e. The van der Waals surface area contributed by atoms with Crippen molar-refractivity contribution >= 4 is 5.97 Å². The second-order valence-corrected chi connectivity index (χ2v) is 4.21. The van der Waals surface area contributed by atoms with Crippen LogP contribution in [0.3, 0.4) is 0 Å². The average molecular weight is 292 g/mol. The first kappa shape index (κ1) is 21.4. The van der Waals surface area contributed by atoms with E-state index in [2.05, 4.69) is 0 Å². The summed E-state index contributed by atoms with van der Waals surface area (Å²) >= 11 is 0. The van der Waals surface area contributed by atoms with Crippen molar-refractivity contribution in [3.8, 4) is 0 Å². The van der Waals surface area contributed by atoms with Crippen LogP contribution in [0, 0.1) is 0 Å². The van der Waals surface area contributed by atoms with Crippen LogP contribution in [0.2, 0.25) is 0 Å². The molecule has 6 heteroatoms. The minimum absolute atomic E-state index is 0.0918. The second-order valence-electron chi connectivity index (χ2n) is 4.21. The van der Waals surface area contributed by atoms with Crippen molar-refractivity contribution in [1.29, 1.82) is 0 Å². The lowest BCUT2D eigenvalue weighted by Gasteiger charge is -2.11. The van der Waals surface area contributed by atoms with Crippen molar-refractivity contribution in [3.05, 3.63) is 11.6 Å². The Labute approximate surface area is 120 Å². The van der Waals surface area contributed by atoms with Gasteiger partial charge in [-0.1, -0.05) is 6.08 Å². The fourth-order valence-corrected chi connectivity index (χ4v) is 1.05. The lowest BCUT2D eigenvalue weighted by Crippen LogP contribution is -2.18. The molecule has 0 aliphatic heterocycles. The van der Waals surface area contributed by atoms with E-state index in [1.54, 1.807) is 19.9 Å². The summed E-state index contributed by atoms with van der Waals surface area (Å²) < 4.78 is 4.72. The van der Waals surface area contributed by atoms with Crippen molar-refractivity contribution in [1.82, 2.24) is 0 Å². The van der Waals surface area contributed by atoms with Gasteiger partial charge in [-0.2, -0.15) is 0 Å². The lowest BCUT2D eigenvalue weighted by atomic mass is 10.2. The number of allylic oxidation sites excluding steroid dienone is 1. The molecule has 0 aromatic rings. The third kappa shape index (κ3) is 15.1. The van der Waals surface area contributed by atoms with E-state index >= 15 is 0 Å². The molecule has 0 saturated heterocycles. The highest BCUT2D eigenvalue weighted by Gasteiger charge is 2.11. The second kappa shape index (κ2) is 16.1. The van der Waals surface area contributed by atoms with Gasteiger partial charge in [0, 0.05) is 31.8 Å². The van der Waals surface area contributed by atoms with Gasteiger partial charge < -0.3 is 25.2 Å². The van der Waals surface area contributed by atoms with Gasteiger partial charge >= 0.3 is 5.97 Å². The van der Waals surface area contributed by atoms with Crippen LogP contribution in [-0.4, -0.2) is 52.5 Å². The molecule has 0 saturated carbocycles. The first-order chi connectivity index (χ1) is 9.53. The van der Waals surface area contributed by atoms with Crippen LogP contribution in [0.25, 0.3) is 0 Å². The van der Waals surface area contributed by atoms with Gasteiger partial charge in [-0.25, -0.2) is 4.79 Å². The number of rotatable bonds is 9. The molecule has 0 rings (SSSR count). The Balaban J connectivity index is 0. The highest BCUT2D eigenvalue weighted by molar-refractivity contribution is 5.87. The summed E-state index contributed by atoms with van der Waals surface area (Å²) in [5.41, 5.74) is 0.478. The third-order valence-electron chi connectivity index (χ3n) is 2.42. The third-order valence-corrected chi connectivity index (χ3v) is 2.42. The van der Waals surface area contributed by atoms with Gasteiger partial charge in [0.05, 0.1) is 0 Å². The summed E-state index contributed by atoms with van der Waals surface area (Å²) in [7, 11) is 0. The van der Waals surface area contributed by atoms with E-state index in [9.17, 15) is 9.90 Å². The summed E-state index contributed by atoms with van der Waals surface area (Å²) in [4.78, 5) is 11.1. The number of carbonyl (C=O) groups excluding carboxylic acids is 1. The van der Waals surface area contributed by atoms with E-state index in [1.165, 1.54) is 0 Å². The number of esters is 1. The minimum atomic E-state index is -1.07. The topological polar surface area (TPSA) is 107 Å². The molecule has 0 fully saturated rings. The standard InChI is InChI=1S/C10H18O4.C4H10O2/c1-3-8(2)10(13)14-9(12)6-4-5-7-11;5-3-1-2-4-6/h3,9,11-12H,4-7H2,1-2H3;5-6H,1-4H2. The van der Waals surface area contributed by atoms with Gasteiger partial charge in [-0.3, -0.25) is 0 Å². The molecule has 0 heterocycles. The molecular weight excluding hydrogens is 264 g/mol. The van der Waals surface area contributed by atoms with Crippen LogP contribution >= 0.6 is 0 Å². The first-order valence-corrected chi connectivity index (χ1v) is 6.88. The SMILES string of the molecule is CC=C(C)C(=O)OC(O)CCCCO.OCCCCO. The molecule has 0 aliphatic carbocycles. The molecule has 0 amide bonds. The Morgan fingerprint density at radius 3 is 1.90 bits per heavy atom. The van der Waals surface area contributed by atoms with E-state index in [0.717, 1.165) is 12.8 Å². The predicted octanol–water partition coefficient (Wildman–Crippen LogP) is 0.728. The molecular formula is C14H28O6. The smallest absolute Gasteiger partial charge is 0.335 e. The van der Waals surface area contributed by atoms with E-state index in [4.69, 9.17) is 20.1 Å². The van der Waals surface area contributed by atoms with Crippen LogP contribution < -0.4 is 0 Å². The van der Waals surface area contributed by atoms with Gasteiger partial charge in [0.25, 0.3) is 0 Å². The summed E-state index contributed by atoms with van der Waals surface area (Å²) in [6.07, 6.45) is 3.61.